The van der Waals surface area contributed by atoms with E-state index in [1.165, 1.54) is 212 Å². The fourth-order valence-corrected chi connectivity index (χ4v) is 11.7. The van der Waals surface area contributed by atoms with Gasteiger partial charge < -0.3 is 45.1 Å². The van der Waals surface area contributed by atoms with Crippen molar-refractivity contribution in [1.82, 2.24) is 5.32 Å². The largest absolute Gasteiger partial charge is 0.454 e. The average molecular weight is 1280 g/mol. The van der Waals surface area contributed by atoms with Gasteiger partial charge in [-0.05, 0) is 103 Å². The lowest BCUT2D eigenvalue weighted by atomic mass is 9.99. The van der Waals surface area contributed by atoms with E-state index in [1.54, 1.807) is 6.08 Å². The van der Waals surface area contributed by atoms with Gasteiger partial charge in [-0.1, -0.05) is 324 Å². The molecular formula is C80H143NO10. The van der Waals surface area contributed by atoms with Crippen LogP contribution in [0.1, 0.15) is 348 Å². The summed E-state index contributed by atoms with van der Waals surface area (Å²) in [7, 11) is 0. The summed E-state index contributed by atoms with van der Waals surface area (Å²) in [5.41, 5.74) is 0. The molecule has 0 saturated carbocycles. The number of allylic oxidation sites excluding steroid dienone is 13. The molecule has 1 aliphatic rings. The number of aliphatic hydroxyl groups is 5. The van der Waals surface area contributed by atoms with E-state index in [-0.39, 0.29) is 19.4 Å². The van der Waals surface area contributed by atoms with E-state index in [2.05, 4.69) is 99.0 Å². The molecule has 1 aliphatic heterocycles. The van der Waals surface area contributed by atoms with Crippen molar-refractivity contribution in [2.24, 2.45) is 0 Å². The molecule has 0 aliphatic carbocycles. The number of esters is 1. The standard InChI is InChI=1S/C80H143NO10/c1-4-7-10-13-16-19-22-24-26-28-30-32-34-36-38-39-41-43-45-47-49-52-55-58-61-64-67-73(84)79(88)81-71(72(83)66-63-60-57-54-51-21-18-15-12-9-6-3)70-89-80-78(77(87)76(86)74(69-82)90-80)91-75(85)68-65-62-59-56-53-50-48-46-44-42-40-37-35-33-31-29-27-25-23-20-17-14-11-8-5-2/h16-17,19-20,24-27,30,32,36,38,63,66,71-74,76-78,80,82-84,86-87H,4-15,18,21-23,28-29,31,33-35,37,39-62,64-65,67-70H2,1-3H3,(H,81,88)/b19-16-,20-17-,26-24-,27-25-,32-30-,38-36-,66-63+. The Labute approximate surface area is 559 Å². The molecule has 0 bridgehead atoms. The van der Waals surface area contributed by atoms with Gasteiger partial charge in [0.15, 0.2) is 12.4 Å². The summed E-state index contributed by atoms with van der Waals surface area (Å²) in [6.07, 6.45) is 79.1. The Morgan fingerprint density at radius 3 is 1.15 bits per heavy atom. The van der Waals surface area contributed by atoms with Crippen LogP contribution >= 0.6 is 0 Å². The summed E-state index contributed by atoms with van der Waals surface area (Å²) < 4.78 is 17.7. The molecule has 0 aromatic carbocycles. The first-order valence-corrected chi connectivity index (χ1v) is 38.4. The highest BCUT2D eigenvalue weighted by molar-refractivity contribution is 5.80. The average Bonchev–Trinajstić information content (AvgIpc) is 1.02. The second kappa shape index (κ2) is 66.8. The number of carbonyl (C=O) groups is 2. The van der Waals surface area contributed by atoms with Crippen molar-refractivity contribution >= 4 is 11.9 Å². The minimum absolute atomic E-state index is 0.122. The molecule has 0 radical (unpaired) electrons. The van der Waals surface area contributed by atoms with Crippen LogP contribution < -0.4 is 5.32 Å². The molecule has 1 amide bonds. The number of nitrogens with one attached hydrogen (secondary N) is 1. The van der Waals surface area contributed by atoms with E-state index < -0.39 is 67.4 Å². The number of amides is 1. The van der Waals surface area contributed by atoms with Crippen molar-refractivity contribution in [2.75, 3.05) is 13.2 Å². The molecular weight excluding hydrogens is 1130 g/mol. The number of ether oxygens (including phenoxy) is 3. The van der Waals surface area contributed by atoms with E-state index in [0.29, 0.717) is 12.8 Å². The molecule has 8 atom stereocenters. The predicted molar refractivity (Wildman–Crippen MR) is 384 cm³/mol. The van der Waals surface area contributed by atoms with Crippen LogP contribution in [0.2, 0.25) is 0 Å². The number of aliphatic hydroxyl groups excluding tert-OH is 5. The molecule has 11 heteroatoms. The normalized spacial score (nSPS) is 18.4. The van der Waals surface area contributed by atoms with Crippen LogP contribution in [0.15, 0.2) is 85.1 Å². The van der Waals surface area contributed by atoms with E-state index in [4.69, 9.17) is 14.2 Å². The van der Waals surface area contributed by atoms with Crippen molar-refractivity contribution in [1.29, 1.82) is 0 Å². The third kappa shape index (κ3) is 53.7. The van der Waals surface area contributed by atoms with E-state index in [0.717, 1.165) is 89.9 Å². The van der Waals surface area contributed by atoms with Gasteiger partial charge in [0.2, 0.25) is 5.91 Å². The van der Waals surface area contributed by atoms with Crippen LogP contribution in [0.25, 0.3) is 0 Å². The summed E-state index contributed by atoms with van der Waals surface area (Å²) in [4.78, 5) is 26.7. The third-order valence-electron chi connectivity index (χ3n) is 17.8. The summed E-state index contributed by atoms with van der Waals surface area (Å²) in [5.74, 6) is -1.19. The lowest BCUT2D eigenvalue weighted by Gasteiger charge is -2.41. The van der Waals surface area contributed by atoms with Gasteiger partial charge in [-0.3, -0.25) is 9.59 Å². The first kappa shape index (κ1) is 85.9. The summed E-state index contributed by atoms with van der Waals surface area (Å²) in [6.45, 7) is 5.77. The van der Waals surface area contributed by atoms with Crippen LogP contribution in [0, 0.1) is 0 Å². The first-order valence-electron chi connectivity index (χ1n) is 38.4. The minimum Gasteiger partial charge on any atom is -0.454 e. The van der Waals surface area contributed by atoms with Gasteiger partial charge >= 0.3 is 5.97 Å². The Hall–Kier alpha value is -3.16. The van der Waals surface area contributed by atoms with Crippen molar-refractivity contribution in [3.8, 4) is 0 Å². The fraction of sp³-hybridized carbons (Fsp3) is 0.800. The molecule has 0 aromatic heterocycles. The summed E-state index contributed by atoms with van der Waals surface area (Å²) >= 11 is 0. The SMILES string of the molecule is CCCCC/C=C\C/C=C\C/C=C\C/C=C\CCCCCCCCCCCCC(O)C(=O)NC(COC1OC(CO)C(O)C(O)C1OC(=O)CCCCCCCCCCCCCCCCC/C=C\C/C=C\CCCCC)C(O)/C=C/CCCCCCCCCCC. The topological polar surface area (TPSA) is 175 Å². The molecule has 0 spiro atoms. The van der Waals surface area contributed by atoms with Gasteiger partial charge in [0.05, 0.1) is 25.4 Å². The Kier molecular flexibility index (Phi) is 63.1. The van der Waals surface area contributed by atoms with E-state index in [9.17, 15) is 35.1 Å². The van der Waals surface area contributed by atoms with Gasteiger partial charge in [0, 0.05) is 6.42 Å². The highest BCUT2D eigenvalue weighted by Gasteiger charge is 2.47. The molecule has 528 valence electrons. The highest BCUT2D eigenvalue weighted by atomic mass is 16.7. The fourth-order valence-electron chi connectivity index (χ4n) is 11.7. The van der Waals surface area contributed by atoms with Crippen LogP contribution in [0.3, 0.4) is 0 Å². The maximum Gasteiger partial charge on any atom is 0.306 e. The Balaban J connectivity index is 2.50. The Morgan fingerprint density at radius 1 is 0.429 bits per heavy atom. The Bertz CT molecular complexity index is 1810. The summed E-state index contributed by atoms with van der Waals surface area (Å²) in [5, 5.41) is 57.3. The molecule has 8 unspecified atom stereocenters. The number of hydrogen-bond acceptors (Lipinski definition) is 10. The van der Waals surface area contributed by atoms with E-state index in [1.807, 2.05) is 6.08 Å². The van der Waals surface area contributed by atoms with Crippen molar-refractivity contribution in [3.05, 3.63) is 85.1 Å². The molecule has 1 heterocycles. The van der Waals surface area contributed by atoms with Crippen molar-refractivity contribution < 1.29 is 49.3 Å². The number of hydrogen-bond donors (Lipinski definition) is 6. The first-order chi connectivity index (χ1) is 44.7. The molecule has 1 saturated heterocycles. The molecule has 91 heavy (non-hydrogen) atoms. The lowest BCUT2D eigenvalue weighted by Crippen LogP contribution is -2.61. The van der Waals surface area contributed by atoms with E-state index >= 15 is 0 Å². The van der Waals surface area contributed by atoms with Crippen molar-refractivity contribution in [2.45, 2.75) is 397 Å². The monoisotopic (exact) mass is 1280 g/mol. The Morgan fingerprint density at radius 2 is 0.758 bits per heavy atom. The van der Waals surface area contributed by atoms with Crippen LogP contribution in [0.4, 0.5) is 0 Å². The number of rotatable bonds is 66. The van der Waals surface area contributed by atoms with Crippen LogP contribution in [-0.4, -0.2) is 99.6 Å². The molecule has 6 N–H and O–H groups in total. The second-order valence-electron chi connectivity index (χ2n) is 26.4. The predicted octanol–water partition coefficient (Wildman–Crippen LogP) is 20.4. The van der Waals surface area contributed by atoms with Gasteiger partial charge in [0.25, 0.3) is 0 Å². The van der Waals surface area contributed by atoms with Gasteiger partial charge in [-0.15, -0.1) is 0 Å². The molecule has 0 aromatic rings. The second-order valence-corrected chi connectivity index (χ2v) is 26.4. The zero-order valence-corrected chi connectivity index (χ0v) is 59.0. The minimum atomic E-state index is -1.62. The lowest BCUT2D eigenvalue weighted by molar-refractivity contribution is -0.305. The van der Waals surface area contributed by atoms with Gasteiger partial charge in [-0.25, -0.2) is 0 Å². The number of carbonyl (C=O) groups excluding carboxylic acids is 2. The smallest absolute Gasteiger partial charge is 0.306 e. The maximum atomic E-state index is 13.5. The zero-order valence-electron chi connectivity index (χ0n) is 59.0. The molecule has 11 nitrogen and oxygen atoms in total. The van der Waals surface area contributed by atoms with Gasteiger partial charge in [0.1, 0.15) is 24.4 Å². The highest BCUT2D eigenvalue weighted by Crippen LogP contribution is 2.26. The van der Waals surface area contributed by atoms with Crippen LogP contribution in [-0.2, 0) is 23.8 Å². The number of unbranched alkanes of at least 4 members (excludes halogenated alkanes) is 40. The van der Waals surface area contributed by atoms with Crippen LogP contribution in [0.5, 0.6) is 0 Å². The summed E-state index contributed by atoms with van der Waals surface area (Å²) in [6, 6.07) is -1.03. The van der Waals surface area contributed by atoms with Crippen molar-refractivity contribution in [3.63, 3.8) is 0 Å². The van der Waals surface area contributed by atoms with Gasteiger partial charge in [-0.2, -0.15) is 0 Å². The quantitative estimate of drug-likeness (QED) is 0.0195. The molecule has 1 fully saturated rings. The zero-order chi connectivity index (χ0) is 66.0. The third-order valence-corrected chi connectivity index (χ3v) is 17.8. The maximum absolute atomic E-state index is 13.5. The molecule has 1 rings (SSSR count).